The molecule has 2 heterocycles. The van der Waals surface area contributed by atoms with Crippen molar-refractivity contribution in [2.75, 3.05) is 23.4 Å². The van der Waals surface area contributed by atoms with Crippen LogP contribution in [0.5, 0.6) is 0 Å². The van der Waals surface area contributed by atoms with Crippen LogP contribution >= 0.6 is 11.3 Å². The van der Waals surface area contributed by atoms with E-state index in [1.54, 1.807) is 0 Å². The van der Waals surface area contributed by atoms with Crippen molar-refractivity contribution in [3.8, 4) is 0 Å². The standard InChI is InChI=1S/C13H15N3O3S2/c17-12(14-7-9-5-6-21(18,19)8-9)16-13-15-10-3-1-2-4-11(10)20-13/h1-4,9H,5-8H2,(H2,14,15,16,17)/t9-/m1/s1. The highest BCUT2D eigenvalue weighted by molar-refractivity contribution is 7.91. The molecule has 8 heteroatoms. The topological polar surface area (TPSA) is 88.2 Å². The molecular formula is C13H15N3O3S2. The van der Waals surface area contributed by atoms with Crippen LogP contribution in [-0.2, 0) is 9.84 Å². The Morgan fingerprint density at radius 2 is 2.19 bits per heavy atom. The van der Waals surface area contributed by atoms with Gasteiger partial charge in [-0.15, -0.1) is 0 Å². The number of hydrogen-bond donors (Lipinski definition) is 2. The van der Waals surface area contributed by atoms with E-state index in [-0.39, 0.29) is 23.5 Å². The van der Waals surface area contributed by atoms with Gasteiger partial charge in [-0.3, -0.25) is 5.32 Å². The molecule has 0 spiro atoms. The third-order valence-corrected chi connectivity index (χ3v) is 6.18. The first-order valence-corrected chi connectivity index (χ1v) is 9.26. The molecule has 6 nitrogen and oxygen atoms in total. The lowest BCUT2D eigenvalue weighted by Gasteiger charge is -2.09. The molecule has 2 N–H and O–H groups in total. The molecule has 1 saturated heterocycles. The van der Waals surface area contributed by atoms with Gasteiger partial charge in [-0.25, -0.2) is 18.2 Å². The van der Waals surface area contributed by atoms with Crippen LogP contribution < -0.4 is 10.6 Å². The average Bonchev–Trinajstić information content (AvgIpc) is 2.98. The zero-order valence-corrected chi connectivity index (χ0v) is 12.8. The summed E-state index contributed by atoms with van der Waals surface area (Å²) < 4.78 is 23.7. The van der Waals surface area contributed by atoms with Gasteiger partial charge >= 0.3 is 6.03 Å². The highest BCUT2D eigenvalue weighted by Gasteiger charge is 2.27. The minimum Gasteiger partial charge on any atom is -0.337 e. The lowest BCUT2D eigenvalue weighted by Crippen LogP contribution is -2.33. The summed E-state index contributed by atoms with van der Waals surface area (Å²) in [6.45, 7) is 0.371. The fourth-order valence-electron chi connectivity index (χ4n) is 2.34. The Hall–Kier alpha value is -1.67. The Morgan fingerprint density at radius 3 is 2.90 bits per heavy atom. The summed E-state index contributed by atoms with van der Waals surface area (Å²) in [6, 6.07) is 7.30. The molecule has 0 saturated carbocycles. The minimum absolute atomic E-state index is 0.0103. The number of amides is 2. The van der Waals surface area contributed by atoms with Gasteiger partial charge in [0.1, 0.15) is 0 Å². The van der Waals surface area contributed by atoms with Crippen LogP contribution in [0.25, 0.3) is 10.2 Å². The van der Waals surface area contributed by atoms with E-state index in [0.717, 1.165) is 10.2 Å². The predicted octanol–water partition coefficient (Wildman–Crippen LogP) is 1.85. The smallest absolute Gasteiger partial charge is 0.321 e. The third kappa shape index (κ3) is 3.51. The molecule has 3 rings (SSSR count). The van der Waals surface area contributed by atoms with Crippen molar-refractivity contribution in [2.24, 2.45) is 5.92 Å². The summed E-state index contributed by atoms with van der Waals surface area (Å²) in [6.07, 6.45) is 0.615. The van der Waals surface area contributed by atoms with Crippen LogP contribution in [0.2, 0.25) is 0 Å². The van der Waals surface area contributed by atoms with Crippen molar-refractivity contribution in [1.29, 1.82) is 0 Å². The number of carbonyl (C=O) groups is 1. The number of carbonyl (C=O) groups excluding carboxylic acids is 1. The first-order valence-electron chi connectivity index (χ1n) is 6.63. The molecule has 1 aliphatic rings. The molecule has 1 atom stereocenters. The van der Waals surface area contributed by atoms with E-state index in [0.29, 0.717) is 18.1 Å². The van der Waals surface area contributed by atoms with Gasteiger partial charge in [0.05, 0.1) is 21.7 Å². The normalized spacial score (nSPS) is 20.5. The number of anilines is 1. The van der Waals surface area contributed by atoms with E-state index in [4.69, 9.17) is 0 Å². The van der Waals surface area contributed by atoms with E-state index in [9.17, 15) is 13.2 Å². The zero-order valence-electron chi connectivity index (χ0n) is 11.2. The van der Waals surface area contributed by atoms with Crippen molar-refractivity contribution in [1.82, 2.24) is 10.3 Å². The highest BCUT2D eigenvalue weighted by atomic mass is 32.2. The minimum atomic E-state index is -2.90. The van der Waals surface area contributed by atoms with Gasteiger partial charge in [0.2, 0.25) is 0 Å². The second-order valence-electron chi connectivity index (χ2n) is 5.09. The SMILES string of the molecule is O=C(NC[C@H]1CCS(=O)(=O)C1)Nc1nc2ccccc2s1. The molecule has 0 bridgehead atoms. The molecule has 0 aliphatic carbocycles. The Labute approximate surface area is 126 Å². The van der Waals surface area contributed by atoms with Crippen LogP contribution in [0.4, 0.5) is 9.93 Å². The van der Waals surface area contributed by atoms with Crippen LogP contribution in [0.3, 0.4) is 0 Å². The lowest BCUT2D eigenvalue weighted by atomic mass is 10.1. The summed E-state index contributed by atoms with van der Waals surface area (Å²) in [5, 5.41) is 5.93. The van der Waals surface area contributed by atoms with Crippen molar-refractivity contribution in [3.63, 3.8) is 0 Å². The van der Waals surface area contributed by atoms with Gasteiger partial charge in [0.15, 0.2) is 15.0 Å². The number of nitrogens with one attached hydrogen (secondary N) is 2. The summed E-state index contributed by atoms with van der Waals surface area (Å²) in [4.78, 5) is 16.1. The van der Waals surface area contributed by atoms with E-state index >= 15 is 0 Å². The number of nitrogens with zero attached hydrogens (tertiary/aromatic N) is 1. The molecule has 2 amide bonds. The molecule has 0 unspecified atom stereocenters. The largest absolute Gasteiger partial charge is 0.337 e. The second kappa shape index (κ2) is 5.61. The molecule has 1 aromatic carbocycles. The number of thiazole rings is 1. The van der Waals surface area contributed by atoms with Crippen molar-refractivity contribution < 1.29 is 13.2 Å². The van der Waals surface area contributed by atoms with Gasteiger partial charge < -0.3 is 5.32 Å². The van der Waals surface area contributed by atoms with E-state index in [1.165, 1.54) is 11.3 Å². The highest BCUT2D eigenvalue weighted by Crippen LogP contribution is 2.25. The summed E-state index contributed by atoms with van der Waals surface area (Å²) in [7, 11) is -2.90. The van der Waals surface area contributed by atoms with E-state index in [2.05, 4.69) is 15.6 Å². The van der Waals surface area contributed by atoms with Crippen LogP contribution in [-0.4, -0.2) is 37.5 Å². The molecule has 21 heavy (non-hydrogen) atoms. The maximum Gasteiger partial charge on any atom is 0.321 e. The summed E-state index contributed by atoms with van der Waals surface area (Å²) in [5.74, 6) is 0.392. The van der Waals surface area contributed by atoms with Gasteiger partial charge in [-0.1, -0.05) is 23.5 Å². The second-order valence-corrected chi connectivity index (χ2v) is 8.35. The van der Waals surface area contributed by atoms with E-state index < -0.39 is 9.84 Å². The number of urea groups is 1. The number of rotatable bonds is 3. The van der Waals surface area contributed by atoms with Crippen molar-refractivity contribution >= 4 is 42.6 Å². The fourth-order valence-corrected chi connectivity index (χ4v) is 5.06. The quantitative estimate of drug-likeness (QED) is 0.901. The maximum atomic E-state index is 11.8. The third-order valence-electron chi connectivity index (χ3n) is 3.39. The molecular weight excluding hydrogens is 310 g/mol. The number of fused-ring (bicyclic) bond motifs is 1. The number of hydrogen-bond acceptors (Lipinski definition) is 5. The molecule has 1 aliphatic heterocycles. The van der Waals surface area contributed by atoms with Crippen LogP contribution in [0, 0.1) is 5.92 Å². The molecule has 2 aromatic rings. The molecule has 0 radical (unpaired) electrons. The maximum absolute atomic E-state index is 11.8. The number of benzene rings is 1. The first kappa shape index (κ1) is 14.3. The Kier molecular flexibility index (Phi) is 3.81. The average molecular weight is 325 g/mol. The molecule has 112 valence electrons. The van der Waals surface area contributed by atoms with E-state index in [1.807, 2.05) is 24.3 Å². The predicted molar refractivity (Wildman–Crippen MR) is 83.4 cm³/mol. The molecule has 1 fully saturated rings. The number of aromatic nitrogens is 1. The zero-order chi connectivity index (χ0) is 14.9. The monoisotopic (exact) mass is 325 g/mol. The first-order chi connectivity index (χ1) is 10.0. The van der Waals surface area contributed by atoms with Crippen LogP contribution in [0.1, 0.15) is 6.42 Å². The van der Waals surface area contributed by atoms with Crippen molar-refractivity contribution in [3.05, 3.63) is 24.3 Å². The van der Waals surface area contributed by atoms with Gasteiger partial charge in [-0.05, 0) is 24.5 Å². The Bertz CT molecular complexity index is 737. The summed E-state index contributed by atoms with van der Waals surface area (Å²) in [5.41, 5.74) is 0.847. The van der Waals surface area contributed by atoms with Gasteiger partial charge in [-0.2, -0.15) is 0 Å². The number of para-hydroxylation sites is 1. The fraction of sp³-hybridized carbons (Fsp3) is 0.385. The summed E-state index contributed by atoms with van der Waals surface area (Å²) >= 11 is 1.40. The van der Waals surface area contributed by atoms with Crippen molar-refractivity contribution in [2.45, 2.75) is 6.42 Å². The Balaban J connectivity index is 1.54. The Morgan fingerprint density at radius 1 is 1.38 bits per heavy atom. The number of sulfone groups is 1. The molecule has 1 aromatic heterocycles. The van der Waals surface area contributed by atoms with Gasteiger partial charge in [0, 0.05) is 6.54 Å². The lowest BCUT2D eigenvalue weighted by molar-refractivity contribution is 0.250. The van der Waals surface area contributed by atoms with Gasteiger partial charge in [0.25, 0.3) is 0 Å². The van der Waals surface area contributed by atoms with Crippen LogP contribution in [0.15, 0.2) is 24.3 Å².